The SMILES string of the molecule is O=C(Nc1nccs1)C(c1ncn2c1C[C@@H](F)C2)n1cc2c(Cl)cc(-c3ccc(CCCN4CCC(CO)CC4)cc3)c(Cl)c2n1. The average Bonchev–Trinajstić information content (AvgIpc) is 3.87. The first-order valence-corrected chi connectivity index (χ1v) is 17.2. The van der Waals surface area contributed by atoms with Gasteiger partial charge in [0, 0.05) is 47.4 Å². The van der Waals surface area contributed by atoms with Gasteiger partial charge in [-0.1, -0.05) is 47.5 Å². The molecule has 0 aliphatic carbocycles. The van der Waals surface area contributed by atoms with Crippen LogP contribution in [0.2, 0.25) is 10.0 Å². The Bertz CT molecular complexity index is 1830. The van der Waals surface area contributed by atoms with Crippen LogP contribution in [0.1, 0.15) is 42.3 Å². The summed E-state index contributed by atoms with van der Waals surface area (Å²) in [6, 6.07) is 9.18. The van der Waals surface area contributed by atoms with Crippen LogP contribution >= 0.6 is 34.5 Å². The van der Waals surface area contributed by atoms with Crippen LogP contribution in [0.4, 0.5) is 9.52 Å². The van der Waals surface area contributed by atoms with E-state index in [0.29, 0.717) is 50.0 Å². The molecule has 5 heterocycles. The molecule has 1 saturated heterocycles. The third-order valence-electron chi connectivity index (χ3n) is 9.10. The van der Waals surface area contributed by atoms with Crippen LogP contribution < -0.4 is 5.32 Å². The topological polar surface area (TPSA) is 101 Å². The molecule has 13 heteroatoms. The number of nitrogens with one attached hydrogen (secondary N) is 1. The maximum Gasteiger partial charge on any atom is 0.257 e. The quantitative estimate of drug-likeness (QED) is 0.176. The molecule has 0 saturated carbocycles. The molecule has 0 radical (unpaired) electrons. The van der Waals surface area contributed by atoms with Gasteiger partial charge in [0.2, 0.25) is 0 Å². The lowest BCUT2D eigenvalue weighted by Crippen LogP contribution is -2.35. The summed E-state index contributed by atoms with van der Waals surface area (Å²) in [7, 11) is 0. The number of hydrogen-bond acceptors (Lipinski definition) is 7. The van der Waals surface area contributed by atoms with Gasteiger partial charge in [-0.3, -0.25) is 14.8 Å². The van der Waals surface area contributed by atoms with Crippen molar-refractivity contribution in [1.29, 1.82) is 0 Å². The van der Waals surface area contributed by atoms with Crippen molar-refractivity contribution in [3.63, 3.8) is 0 Å². The van der Waals surface area contributed by atoms with Gasteiger partial charge < -0.3 is 14.6 Å². The van der Waals surface area contributed by atoms with Gasteiger partial charge in [0.1, 0.15) is 11.7 Å². The first-order valence-electron chi connectivity index (χ1n) is 15.6. The van der Waals surface area contributed by atoms with E-state index in [1.165, 1.54) is 21.6 Å². The van der Waals surface area contributed by atoms with Gasteiger partial charge in [-0.05, 0) is 68.4 Å². The number of aromatic nitrogens is 5. The maximum absolute atomic E-state index is 14.3. The largest absolute Gasteiger partial charge is 0.396 e. The zero-order chi connectivity index (χ0) is 31.8. The number of thiazole rings is 1. The number of hydrogen-bond donors (Lipinski definition) is 2. The molecule has 1 fully saturated rings. The minimum Gasteiger partial charge on any atom is -0.396 e. The molecule has 2 aromatic carbocycles. The fraction of sp³-hybridized carbons (Fsp3) is 0.394. The van der Waals surface area contributed by atoms with E-state index >= 15 is 0 Å². The minimum atomic E-state index is -1.04. The van der Waals surface area contributed by atoms with Gasteiger partial charge in [0.05, 0.1) is 28.6 Å². The predicted octanol–water partition coefficient (Wildman–Crippen LogP) is 6.42. The van der Waals surface area contributed by atoms with Gasteiger partial charge in [-0.2, -0.15) is 5.10 Å². The molecular weight excluding hydrogens is 648 g/mol. The first-order chi connectivity index (χ1) is 22.4. The zero-order valence-electron chi connectivity index (χ0n) is 25.1. The first kappa shape index (κ1) is 31.3. The highest BCUT2D eigenvalue weighted by Crippen LogP contribution is 2.39. The van der Waals surface area contributed by atoms with Crippen LogP contribution in [0.5, 0.6) is 0 Å². The number of fused-ring (bicyclic) bond motifs is 2. The van der Waals surface area contributed by atoms with Crippen molar-refractivity contribution in [3.05, 3.63) is 81.4 Å². The third kappa shape index (κ3) is 6.31. The number of rotatable bonds is 10. The molecule has 2 aliphatic rings. The average molecular weight is 683 g/mol. The van der Waals surface area contributed by atoms with Crippen LogP contribution in [-0.2, 0) is 24.2 Å². The molecule has 2 N–H and O–H groups in total. The molecule has 2 atom stereocenters. The molecule has 2 aliphatic heterocycles. The number of amides is 1. The Kier molecular flexibility index (Phi) is 9.11. The van der Waals surface area contributed by atoms with E-state index in [2.05, 4.69) is 44.5 Å². The lowest BCUT2D eigenvalue weighted by atomic mass is 9.97. The summed E-state index contributed by atoms with van der Waals surface area (Å²) in [6.07, 6.45) is 8.20. The minimum absolute atomic E-state index is 0.169. The second-order valence-corrected chi connectivity index (χ2v) is 13.8. The fourth-order valence-corrected chi connectivity index (χ4v) is 7.65. The summed E-state index contributed by atoms with van der Waals surface area (Å²) in [5.74, 6) is 0.0546. The van der Waals surface area contributed by atoms with Gasteiger partial charge in [-0.25, -0.2) is 14.4 Å². The number of anilines is 1. The smallest absolute Gasteiger partial charge is 0.257 e. The molecule has 1 unspecified atom stereocenters. The number of halogens is 3. The summed E-state index contributed by atoms with van der Waals surface area (Å²) < 4.78 is 17.6. The highest BCUT2D eigenvalue weighted by molar-refractivity contribution is 7.13. The number of piperidine rings is 1. The van der Waals surface area contributed by atoms with Crippen molar-refractivity contribution in [3.8, 4) is 11.1 Å². The molecular formula is C33H34Cl2FN7O2S. The number of benzene rings is 2. The Balaban J connectivity index is 1.13. The normalized spacial score (nSPS) is 17.9. The lowest BCUT2D eigenvalue weighted by molar-refractivity contribution is -0.118. The number of imidazole rings is 1. The molecule has 7 rings (SSSR count). The van der Waals surface area contributed by atoms with Gasteiger partial charge in [0.15, 0.2) is 11.2 Å². The Morgan fingerprint density at radius 3 is 2.72 bits per heavy atom. The van der Waals surface area contributed by atoms with Crippen LogP contribution in [0.15, 0.2) is 54.4 Å². The number of carbonyl (C=O) groups excluding carboxylic acids is 1. The highest BCUT2D eigenvalue weighted by Gasteiger charge is 2.34. The van der Waals surface area contributed by atoms with E-state index in [1.807, 2.05) is 6.07 Å². The summed E-state index contributed by atoms with van der Waals surface area (Å²) >= 11 is 15.1. The van der Waals surface area contributed by atoms with E-state index < -0.39 is 18.1 Å². The number of aliphatic hydroxyl groups excluding tert-OH is 1. The van der Waals surface area contributed by atoms with Gasteiger partial charge in [-0.15, -0.1) is 11.3 Å². The highest BCUT2D eigenvalue weighted by atomic mass is 35.5. The monoisotopic (exact) mass is 681 g/mol. The lowest BCUT2D eigenvalue weighted by Gasteiger charge is -2.30. The maximum atomic E-state index is 14.3. The van der Waals surface area contributed by atoms with Crippen molar-refractivity contribution in [1.82, 2.24) is 29.2 Å². The summed E-state index contributed by atoms with van der Waals surface area (Å²) in [5.41, 5.74) is 4.46. The Hall–Kier alpha value is -3.35. The molecule has 3 aromatic heterocycles. The van der Waals surface area contributed by atoms with Crippen molar-refractivity contribution >= 4 is 56.5 Å². The molecule has 9 nitrogen and oxygen atoms in total. The number of aryl methyl sites for hydroxylation is 1. The molecule has 5 aromatic rings. The summed E-state index contributed by atoms with van der Waals surface area (Å²) in [6.45, 7) is 3.67. The van der Waals surface area contributed by atoms with Crippen molar-refractivity contribution in [2.24, 2.45) is 5.92 Å². The van der Waals surface area contributed by atoms with Crippen molar-refractivity contribution in [2.45, 2.75) is 50.9 Å². The molecule has 0 spiro atoms. The van der Waals surface area contributed by atoms with E-state index in [4.69, 9.17) is 28.3 Å². The fourth-order valence-electron chi connectivity index (χ4n) is 6.56. The van der Waals surface area contributed by atoms with Gasteiger partial charge in [0.25, 0.3) is 5.91 Å². The number of aliphatic hydroxyl groups is 1. The Morgan fingerprint density at radius 2 is 1.98 bits per heavy atom. The molecule has 0 bridgehead atoms. The Labute approximate surface area is 280 Å². The standard InChI is InChI=1S/C33H34Cl2FN7O2S/c34-26-15-24(22-5-3-20(4-6-22)2-1-10-41-11-7-21(18-44)8-12-41)28(35)29-25(26)17-43(40-29)31(32(45)39-33-37-9-13-46-33)30-27-14-23(36)16-42(27)19-38-30/h3-6,9,13,15,17,19,21,23,31,44H,1-2,7-8,10-12,14,16,18H2,(H,37,39,45)/t23-,31?/m1/s1. The second kappa shape index (κ2) is 13.4. The van der Waals surface area contributed by atoms with Crippen LogP contribution in [0, 0.1) is 5.92 Å². The summed E-state index contributed by atoms with van der Waals surface area (Å²) in [5, 5.41) is 20.7. The number of likely N-dealkylation sites (tertiary alicyclic amines) is 1. The van der Waals surface area contributed by atoms with E-state index in [0.717, 1.165) is 56.4 Å². The molecule has 46 heavy (non-hydrogen) atoms. The number of alkyl halides is 1. The predicted molar refractivity (Wildman–Crippen MR) is 179 cm³/mol. The summed E-state index contributed by atoms with van der Waals surface area (Å²) in [4.78, 5) is 24.9. The van der Waals surface area contributed by atoms with E-state index in [-0.39, 0.29) is 13.0 Å². The van der Waals surface area contributed by atoms with Crippen LogP contribution in [0.3, 0.4) is 0 Å². The second-order valence-electron chi connectivity index (χ2n) is 12.1. The van der Waals surface area contributed by atoms with E-state index in [1.54, 1.807) is 28.7 Å². The molecule has 1 amide bonds. The van der Waals surface area contributed by atoms with Crippen LogP contribution in [-0.4, -0.2) is 72.6 Å². The van der Waals surface area contributed by atoms with E-state index in [9.17, 15) is 14.3 Å². The zero-order valence-corrected chi connectivity index (χ0v) is 27.4. The van der Waals surface area contributed by atoms with Crippen molar-refractivity contribution < 1.29 is 14.3 Å². The number of carbonyl (C=O) groups is 1. The van der Waals surface area contributed by atoms with Crippen LogP contribution in [0.25, 0.3) is 22.0 Å². The Morgan fingerprint density at radius 1 is 1.17 bits per heavy atom. The number of nitrogens with zero attached hydrogens (tertiary/aromatic N) is 6. The van der Waals surface area contributed by atoms with Crippen molar-refractivity contribution in [2.75, 3.05) is 31.6 Å². The van der Waals surface area contributed by atoms with Gasteiger partial charge >= 0.3 is 0 Å². The third-order valence-corrected chi connectivity index (χ3v) is 10.5. The molecule has 240 valence electrons.